The molecule has 0 N–H and O–H groups in total. The lowest BCUT2D eigenvalue weighted by molar-refractivity contribution is -0.163. The van der Waals surface area contributed by atoms with E-state index in [0.29, 0.717) is 23.7 Å². The molecular formula is C21H25NO5. The number of fused-ring (bicyclic) bond motifs is 1. The molecule has 1 heterocycles. The van der Waals surface area contributed by atoms with Crippen LogP contribution in [0.1, 0.15) is 12.0 Å². The van der Waals surface area contributed by atoms with Gasteiger partial charge < -0.3 is 23.7 Å². The number of hydrogen-bond donors (Lipinski definition) is 0. The molecule has 3 rings (SSSR count). The normalized spacial score (nSPS) is 17.4. The van der Waals surface area contributed by atoms with E-state index in [1.807, 2.05) is 18.2 Å². The number of rotatable bonds is 7. The van der Waals surface area contributed by atoms with Crippen molar-refractivity contribution in [2.24, 2.45) is 4.99 Å². The van der Waals surface area contributed by atoms with Gasteiger partial charge in [0.1, 0.15) is 0 Å². The second kappa shape index (κ2) is 7.98. The smallest absolute Gasteiger partial charge is 0.291 e. The molecule has 0 unspecified atom stereocenters. The lowest BCUT2D eigenvalue weighted by Crippen LogP contribution is -2.35. The minimum absolute atomic E-state index is 0.567. The molecule has 6 heteroatoms. The fourth-order valence-corrected chi connectivity index (χ4v) is 3.33. The first-order valence-electron chi connectivity index (χ1n) is 8.68. The quantitative estimate of drug-likeness (QED) is 0.687. The summed E-state index contributed by atoms with van der Waals surface area (Å²) in [7, 11) is 7.97. The molecule has 0 aromatic heterocycles. The Hall–Kier alpha value is -2.57. The highest BCUT2D eigenvalue weighted by molar-refractivity contribution is 6.07. The lowest BCUT2D eigenvalue weighted by Gasteiger charge is -2.31. The van der Waals surface area contributed by atoms with Crippen LogP contribution in [0.3, 0.4) is 0 Å². The monoisotopic (exact) mass is 371 g/mol. The highest BCUT2D eigenvalue weighted by Gasteiger charge is 2.33. The molecule has 0 saturated heterocycles. The second-order valence-corrected chi connectivity index (χ2v) is 6.16. The van der Waals surface area contributed by atoms with Crippen LogP contribution in [0.15, 0.2) is 52.6 Å². The molecule has 0 saturated carbocycles. The van der Waals surface area contributed by atoms with Gasteiger partial charge in [-0.15, -0.1) is 0 Å². The van der Waals surface area contributed by atoms with Gasteiger partial charge in [-0.05, 0) is 35.3 Å². The van der Waals surface area contributed by atoms with Crippen LogP contribution in [0, 0.1) is 0 Å². The van der Waals surface area contributed by atoms with Crippen molar-refractivity contribution in [2.75, 3.05) is 35.5 Å². The summed E-state index contributed by atoms with van der Waals surface area (Å²) in [6, 6.07) is 3.87. The molecule has 1 aliphatic heterocycles. The maximum atomic E-state index is 5.55. The van der Waals surface area contributed by atoms with Gasteiger partial charge in [0.15, 0.2) is 11.5 Å². The highest BCUT2D eigenvalue weighted by atomic mass is 16.7. The van der Waals surface area contributed by atoms with Crippen LogP contribution in [0.2, 0.25) is 0 Å². The van der Waals surface area contributed by atoms with E-state index >= 15 is 0 Å². The summed E-state index contributed by atoms with van der Waals surface area (Å²) in [6.07, 6.45) is 9.68. The number of nitrogens with zero attached hydrogens (tertiary/aromatic N) is 1. The Bertz CT molecular complexity index is 806. The second-order valence-electron chi connectivity index (χ2n) is 6.16. The van der Waals surface area contributed by atoms with Crippen molar-refractivity contribution in [3.8, 4) is 17.2 Å². The van der Waals surface area contributed by atoms with Gasteiger partial charge in [-0.2, -0.15) is 0 Å². The zero-order chi connectivity index (χ0) is 19.4. The maximum Gasteiger partial charge on any atom is 0.291 e. The number of benzene rings is 1. The predicted octanol–water partition coefficient (Wildman–Crippen LogP) is 3.47. The largest absolute Gasteiger partial charge is 0.493 e. The van der Waals surface area contributed by atoms with Gasteiger partial charge in [0.25, 0.3) is 5.91 Å². The van der Waals surface area contributed by atoms with Gasteiger partial charge in [-0.1, -0.05) is 18.2 Å². The predicted molar refractivity (Wildman–Crippen MR) is 104 cm³/mol. The van der Waals surface area contributed by atoms with Crippen LogP contribution in [0.25, 0.3) is 0 Å². The summed E-state index contributed by atoms with van der Waals surface area (Å²) < 4.78 is 27.5. The third-order valence-corrected chi connectivity index (χ3v) is 4.69. The van der Waals surface area contributed by atoms with Crippen molar-refractivity contribution in [1.82, 2.24) is 0 Å². The van der Waals surface area contributed by atoms with E-state index in [0.717, 1.165) is 28.8 Å². The Morgan fingerprint density at radius 2 is 1.63 bits per heavy atom. The molecule has 0 atom stereocenters. The molecule has 1 aromatic rings. The maximum absolute atomic E-state index is 5.55. The highest BCUT2D eigenvalue weighted by Crippen LogP contribution is 2.39. The van der Waals surface area contributed by atoms with Gasteiger partial charge in [0.05, 0.1) is 27.0 Å². The van der Waals surface area contributed by atoms with Crippen LogP contribution in [0.4, 0.5) is 0 Å². The third-order valence-electron chi connectivity index (χ3n) is 4.69. The molecule has 27 heavy (non-hydrogen) atoms. The van der Waals surface area contributed by atoms with E-state index in [-0.39, 0.29) is 0 Å². The number of ether oxygens (including phenoxy) is 5. The molecular weight excluding hydrogens is 346 g/mol. The molecule has 0 fully saturated rings. The Labute approximate surface area is 159 Å². The van der Waals surface area contributed by atoms with Crippen LogP contribution in [-0.4, -0.2) is 47.2 Å². The average Bonchev–Trinajstić information content (AvgIpc) is 2.72. The van der Waals surface area contributed by atoms with Crippen molar-refractivity contribution in [2.45, 2.75) is 18.8 Å². The topological polar surface area (TPSA) is 58.5 Å². The van der Waals surface area contributed by atoms with E-state index in [4.69, 9.17) is 28.7 Å². The standard InChI is InChI=1S/C21H25NO5/c1-23-18-11-14(12-19(24-2)20(18)25-3)10-17-16-9-7-6-8-15(16)13-21(22-17,26-4)27-5/h6,8-9,11-13H,7,10H2,1-5H3. The van der Waals surface area contributed by atoms with Gasteiger partial charge in [0.2, 0.25) is 5.75 Å². The summed E-state index contributed by atoms with van der Waals surface area (Å²) in [5.41, 5.74) is 4.01. The van der Waals surface area contributed by atoms with Crippen LogP contribution in [0.5, 0.6) is 17.2 Å². The Balaban J connectivity index is 2.03. The Morgan fingerprint density at radius 1 is 0.963 bits per heavy atom. The molecule has 0 amide bonds. The van der Waals surface area contributed by atoms with E-state index in [1.165, 1.54) is 0 Å². The number of aliphatic imine (C=N–C) groups is 1. The number of hydrogen-bond acceptors (Lipinski definition) is 6. The van der Waals surface area contributed by atoms with Crippen molar-refractivity contribution in [1.29, 1.82) is 0 Å². The molecule has 144 valence electrons. The molecule has 0 radical (unpaired) electrons. The van der Waals surface area contributed by atoms with E-state index < -0.39 is 5.91 Å². The summed E-state index contributed by atoms with van der Waals surface area (Å²) >= 11 is 0. The molecule has 1 aromatic carbocycles. The molecule has 6 nitrogen and oxygen atoms in total. The van der Waals surface area contributed by atoms with Gasteiger partial charge >= 0.3 is 0 Å². The lowest BCUT2D eigenvalue weighted by atomic mass is 9.89. The molecule has 0 bridgehead atoms. The van der Waals surface area contributed by atoms with Crippen LogP contribution < -0.4 is 14.2 Å². The summed E-state index contributed by atoms with van der Waals surface area (Å²) in [5, 5.41) is 0. The molecule has 2 aliphatic rings. The van der Waals surface area contributed by atoms with E-state index in [2.05, 4.69) is 18.2 Å². The Morgan fingerprint density at radius 3 is 2.19 bits per heavy atom. The van der Waals surface area contributed by atoms with Crippen molar-refractivity contribution < 1.29 is 23.7 Å². The fraction of sp³-hybridized carbons (Fsp3) is 0.381. The first kappa shape index (κ1) is 19.2. The minimum atomic E-state index is -1.12. The minimum Gasteiger partial charge on any atom is -0.493 e. The summed E-state index contributed by atoms with van der Waals surface area (Å²) in [4.78, 5) is 4.76. The van der Waals surface area contributed by atoms with Gasteiger partial charge in [-0.25, -0.2) is 4.99 Å². The first-order chi connectivity index (χ1) is 13.1. The fourth-order valence-electron chi connectivity index (χ4n) is 3.33. The van der Waals surface area contributed by atoms with E-state index in [9.17, 15) is 0 Å². The zero-order valence-electron chi connectivity index (χ0n) is 16.4. The van der Waals surface area contributed by atoms with Crippen molar-refractivity contribution in [3.05, 3.63) is 53.1 Å². The summed E-state index contributed by atoms with van der Waals surface area (Å²) in [6.45, 7) is 0. The van der Waals surface area contributed by atoms with Crippen LogP contribution >= 0.6 is 0 Å². The Kier molecular flexibility index (Phi) is 5.68. The van der Waals surface area contributed by atoms with Crippen molar-refractivity contribution >= 4 is 5.71 Å². The molecule has 0 spiro atoms. The number of dihydropyridines is 1. The SMILES string of the molecule is COc1cc(CC2=NC(OC)(OC)C=C3C=CCC=C32)cc(OC)c1OC. The average molecular weight is 371 g/mol. The first-order valence-corrected chi connectivity index (χ1v) is 8.68. The zero-order valence-corrected chi connectivity index (χ0v) is 16.4. The number of methoxy groups -OCH3 is 5. The molecule has 1 aliphatic carbocycles. The van der Waals surface area contributed by atoms with Crippen LogP contribution in [-0.2, 0) is 15.9 Å². The van der Waals surface area contributed by atoms with E-state index in [1.54, 1.807) is 35.5 Å². The van der Waals surface area contributed by atoms with Gasteiger partial charge in [0, 0.05) is 26.7 Å². The van der Waals surface area contributed by atoms with Crippen molar-refractivity contribution in [3.63, 3.8) is 0 Å². The third kappa shape index (κ3) is 3.63. The van der Waals surface area contributed by atoms with Gasteiger partial charge in [-0.3, -0.25) is 0 Å². The summed E-state index contributed by atoms with van der Waals surface area (Å²) in [5.74, 6) is 0.671. The number of allylic oxidation sites excluding steroid dienone is 5.